The fourth-order valence-corrected chi connectivity index (χ4v) is 6.75. The highest BCUT2D eigenvalue weighted by atomic mass is 16.3. The van der Waals surface area contributed by atoms with Gasteiger partial charge in [0.05, 0.1) is 11.8 Å². The zero-order valence-electron chi connectivity index (χ0n) is 24.0. The minimum absolute atomic E-state index is 0.138. The maximum atomic E-state index is 12.3. The lowest BCUT2D eigenvalue weighted by Crippen LogP contribution is -2.41. The first kappa shape index (κ1) is 27.3. The molecule has 41 heavy (non-hydrogen) atoms. The summed E-state index contributed by atoms with van der Waals surface area (Å²) < 4.78 is 0. The molecule has 1 saturated heterocycles. The summed E-state index contributed by atoms with van der Waals surface area (Å²) >= 11 is 0. The Morgan fingerprint density at radius 3 is 2.54 bits per heavy atom. The zero-order valence-corrected chi connectivity index (χ0v) is 24.0. The number of piperidine rings is 1. The number of nitrogens with zero attached hydrogens (tertiary/aromatic N) is 3. The molecule has 1 spiro atoms. The van der Waals surface area contributed by atoms with Crippen molar-refractivity contribution in [3.05, 3.63) is 76.6 Å². The summed E-state index contributed by atoms with van der Waals surface area (Å²) in [5.74, 6) is 0.409. The summed E-state index contributed by atoms with van der Waals surface area (Å²) in [4.78, 5) is 24.2. The Bertz CT molecular complexity index is 1470. The number of nitrogens with two attached hydrogens (primary N) is 1. The monoisotopic (exact) mass is 552 g/mol. The number of hydrogen-bond donors (Lipinski definition) is 4. The van der Waals surface area contributed by atoms with Gasteiger partial charge in [0.15, 0.2) is 11.5 Å². The van der Waals surface area contributed by atoms with Crippen LogP contribution in [-0.2, 0) is 11.8 Å². The van der Waals surface area contributed by atoms with Crippen LogP contribution in [0.2, 0.25) is 0 Å². The number of fused-ring (bicyclic) bond motifs is 2. The third-order valence-corrected chi connectivity index (χ3v) is 9.11. The number of aromatic nitrogens is 2. The highest BCUT2D eigenvalue weighted by Gasteiger charge is 2.38. The first-order chi connectivity index (χ1) is 19.8. The fourth-order valence-electron chi connectivity index (χ4n) is 6.75. The van der Waals surface area contributed by atoms with Crippen LogP contribution < -0.4 is 21.3 Å². The molecule has 0 unspecified atom stereocenters. The normalized spacial score (nSPS) is 21.1. The van der Waals surface area contributed by atoms with E-state index in [9.17, 15) is 9.90 Å². The molecular weight excluding hydrogens is 512 g/mol. The van der Waals surface area contributed by atoms with Gasteiger partial charge in [-0.2, -0.15) is 0 Å². The van der Waals surface area contributed by atoms with Crippen molar-refractivity contribution in [2.24, 2.45) is 5.73 Å². The number of amides is 1. The minimum atomic E-state index is -0.611. The van der Waals surface area contributed by atoms with Crippen molar-refractivity contribution >= 4 is 35.0 Å². The summed E-state index contributed by atoms with van der Waals surface area (Å²) in [6.07, 6.45) is 10.6. The van der Waals surface area contributed by atoms with E-state index in [1.165, 1.54) is 16.8 Å². The second-order valence-corrected chi connectivity index (χ2v) is 11.8. The number of rotatable bonds is 7. The van der Waals surface area contributed by atoms with E-state index < -0.39 is 5.91 Å². The molecule has 1 saturated carbocycles. The lowest BCUT2D eigenvalue weighted by atomic mass is 9.74. The van der Waals surface area contributed by atoms with Crippen molar-refractivity contribution in [3.63, 3.8) is 0 Å². The van der Waals surface area contributed by atoms with Crippen molar-refractivity contribution < 1.29 is 9.90 Å². The van der Waals surface area contributed by atoms with E-state index in [4.69, 9.17) is 10.7 Å². The van der Waals surface area contributed by atoms with Crippen molar-refractivity contribution in [2.45, 2.75) is 76.4 Å². The number of allylic oxidation sites excluding steroid dienone is 1. The molecule has 1 aliphatic heterocycles. The number of anilines is 4. The van der Waals surface area contributed by atoms with Gasteiger partial charge in [-0.25, -0.2) is 9.97 Å². The van der Waals surface area contributed by atoms with Crippen LogP contribution in [0.1, 0.15) is 78.3 Å². The molecule has 0 atom stereocenters. The van der Waals surface area contributed by atoms with E-state index >= 15 is 0 Å². The van der Waals surface area contributed by atoms with Gasteiger partial charge in [-0.05, 0) is 86.8 Å². The Balaban J connectivity index is 1.19. The van der Waals surface area contributed by atoms with E-state index in [1.807, 2.05) is 13.0 Å². The highest BCUT2D eigenvalue weighted by Crippen LogP contribution is 2.44. The molecular formula is C33H40N6O2. The Morgan fingerprint density at radius 1 is 1.07 bits per heavy atom. The van der Waals surface area contributed by atoms with Gasteiger partial charge in [-0.15, -0.1) is 0 Å². The van der Waals surface area contributed by atoms with Gasteiger partial charge in [0.25, 0.3) is 5.91 Å². The van der Waals surface area contributed by atoms with Crippen LogP contribution >= 0.6 is 0 Å². The molecule has 8 heteroatoms. The quantitative estimate of drug-likeness (QED) is 0.307. The number of aliphatic hydroxyl groups excluding tert-OH is 1. The molecule has 1 amide bonds. The molecule has 6 rings (SSSR count). The highest BCUT2D eigenvalue weighted by molar-refractivity contribution is 5.96. The summed E-state index contributed by atoms with van der Waals surface area (Å²) in [6, 6.07) is 15.3. The summed E-state index contributed by atoms with van der Waals surface area (Å²) in [6.45, 7) is 6.11. The van der Waals surface area contributed by atoms with Crippen LogP contribution in [0.5, 0.6) is 0 Å². The fraction of sp³-hybridized carbons (Fsp3) is 0.424. The van der Waals surface area contributed by atoms with Crippen molar-refractivity contribution in [1.82, 2.24) is 9.97 Å². The molecule has 2 heterocycles. The van der Waals surface area contributed by atoms with E-state index in [-0.39, 0.29) is 23.3 Å². The van der Waals surface area contributed by atoms with Gasteiger partial charge < -0.3 is 26.4 Å². The SMILES string of the molecule is CCc1nc(C(N)=O)c(Nc2ccc(N3CCC4(C=Cc5ccccc54)CC3)c(C)c2)nc1N[C@H]1CC[C@H](O)CC1. The third kappa shape index (κ3) is 5.40. The first-order valence-electron chi connectivity index (χ1n) is 14.9. The van der Waals surface area contributed by atoms with Crippen LogP contribution in [0.3, 0.4) is 0 Å². The van der Waals surface area contributed by atoms with Gasteiger partial charge in [-0.1, -0.05) is 43.3 Å². The Morgan fingerprint density at radius 2 is 1.83 bits per heavy atom. The average molecular weight is 553 g/mol. The van der Waals surface area contributed by atoms with Gasteiger partial charge in [0.2, 0.25) is 0 Å². The standard InChI is InChI=1S/C33H40N6O2/c1-3-27-31(35-23-8-11-25(40)12-9-23)38-32(29(37-27)30(34)41)36-24-10-13-28(21(2)20-24)39-18-16-33(17-19-39)15-14-22-6-4-5-7-26(22)33/h4-7,10,13-15,20,23,25,40H,3,8-9,11-12,16-19H2,1-2H3,(H2,34,41)(H2,35,36,38)/t23-,25-. The number of benzene rings is 2. The van der Waals surface area contributed by atoms with Crippen molar-refractivity contribution in [1.29, 1.82) is 0 Å². The molecule has 5 N–H and O–H groups in total. The average Bonchev–Trinajstić information content (AvgIpc) is 3.33. The van der Waals surface area contributed by atoms with E-state index in [0.717, 1.165) is 62.9 Å². The first-order valence-corrected chi connectivity index (χ1v) is 14.9. The van der Waals surface area contributed by atoms with E-state index in [2.05, 4.69) is 76.0 Å². The van der Waals surface area contributed by atoms with Gasteiger partial charge in [-0.3, -0.25) is 4.79 Å². The molecule has 2 aliphatic carbocycles. The molecule has 3 aromatic rings. The molecule has 214 valence electrons. The summed E-state index contributed by atoms with van der Waals surface area (Å²) in [5.41, 5.74) is 12.8. The van der Waals surface area contributed by atoms with Crippen molar-refractivity contribution in [2.75, 3.05) is 28.6 Å². The lowest BCUT2D eigenvalue weighted by molar-refractivity contribution is 0.0996. The Kier molecular flexibility index (Phi) is 7.43. The number of aryl methyl sites for hydroxylation is 2. The molecule has 3 aliphatic rings. The molecule has 0 radical (unpaired) electrons. The maximum absolute atomic E-state index is 12.3. The van der Waals surface area contributed by atoms with Crippen LogP contribution in [0, 0.1) is 6.92 Å². The number of primary amides is 1. The van der Waals surface area contributed by atoms with Gasteiger partial charge in [0, 0.05) is 35.9 Å². The second kappa shape index (κ2) is 11.2. The van der Waals surface area contributed by atoms with Crippen LogP contribution in [0.4, 0.5) is 23.0 Å². The smallest absolute Gasteiger partial charge is 0.271 e. The predicted molar refractivity (Wildman–Crippen MR) is 165 cm³/mol. The van der Waals surface area contributed by atoms with Crippen LogP contribution in [-0.4, -0.2) is 46.2 Å². The van der Waals surface area contributed by atoms with Crippen LogP contribution in [0.15, 0.2) is 48.5 Å². The molecule has 2 fully saturated rings. The topological polar surface area (TPSA) is 116 Å². The minimum Gasteiger partial charge on any atom is -0.393 e. The van der Waals surface area contributed by atoms with Gasteiger partial charge >= 0.3 is 0 Å². The summed E-state index contributed by atoms with van der Waals surface area (Å²) in [5, 5.41) is 16.7. The van der Waals surface area contributed by atoms with E-state index in [0.29, 0.717) is 23.8 Å². The second-order valence-electron chi connectivity index (χ2n) is 11.8. The number of carbonyl (C=O) groups excluding carboxylic acids is 1. The molecule has 2 aromatic carbocycles. The maximum Gasteiger partial charge on any atom is 0.271 e. The molecule has 1 aromatic heterocycles. The van der Waals surface area contributed by atoms with Gasteiger partial charge in [0.1, 0.15) is 5.82 Å². The van der Waals surface area contributed by atoms with E-state index in [1.54, 1.807) is 0 Å². The summed E-state index contributed by atoms with van der Waals surface area (Å²) in [7, 11) is 0. The number of aliphatic hydroxyl groups is 1. The number of carbonyl (C=O) groups is 1. The Labute approximate surface area is 242 Å². The number of nitrogens with one attached hydrogen (secondary N) is 2. The zero-order chi connectivity index (χ0) is 28.6. The number of hydrogen-bond acceptors (Lipinski definition) is 7. The lowest BCUT2D eigenvalue weighted by Gasteiger charge is -2.41. The third-order valence-electron chi connectivity index (χ3n) is 9.11. The molecule has 0 bridgehead atoms. The predicted octanol–water partition coefficient (Wildman–Crippen LogP) is 5.47. The van der Waals surface area contributed by atoms with Crippen molar-refractivity contribution in [3.8, 4) is 0 Å². The Hall–Kier alpha value is -3.91. The van der Waals surface area contributed by atoms with Crippen LogP contribution in [0.25, 0.3) is 6.08 Å². The largest absolute Gasteiger partial charge is 0.393 e. The molecule has 8 nitrogen and oxygen atoms in total.